The number of hydrogen-bond acceptors (Lipinski definition) is 3. The number of aliphatic hydroxyl groups is 1. The molecule has 96 valence electrons. The van der Waals surface area contributed by atoms with Crippen molar-refractivity contribution in [2.24, 2.45) is 5.92 Å². The molecule has 2 N–H and O–H groups in total. The second-order valence-corrected chi connectivity index (χ2v) is 4.39. The van der Waals surface area contributed by atoms with Crippen molar-refractivity contribution in [3.8, 4) is 0 Å². The molecule has 2 atom stereocenters. The molecular weight excluding hydrogens is 234 g/mol. The van der Waals surface area contributed by atoms with Gasteiger partial charge < -0.3 is 15.1 Å². The molecule has 0 saturated carbocycles. The number of nitrogens with zero attached hydrogens (tertiary/aromatic N) is 1. The largest absolute Gasteiger partial charge is 0.481 e. The normalized spacial score (nSPS) is 21.1. The minimum absolute atomic E-state index is 0.0126. The molecule has 1 fully saturated rings. The SMILES string of the molecule is O=C(O)C1CC(=O)N([C@@H](CO)c2ccccc2)C1. The highest BCUT2D eigenvalue weighted by Crippen LogP contribution is 2.28. The molecule has 2 rings (SSSR count). The first kappa shape index (κ1) is 12.6. The van der Waals surface area contributed by atoms with E-state index >= 15 is 0 Å². The first-order chi connectivity index (χ1) is 8.63. The van der Waals surface area contributed by atoms with Crippen LogP contribution in [0.1, 0.15) is 18.0 Å². The molecule has 1 aliphatic heterocycles. The van der Waals surface area contributed by atoms with Gasteiger partial charge in [0, 0.05) is 13.0 Å². The van der Waals surface area contributed by atoms with Crippen molar-refractivity contribution in [1.82, 2.24) is 4.90 Å². The van der Waals surface area contributed by atoms with Gasteiger partial charge in [-0.15, -0.1) is 0 Å². The van der Waals surface area contributed by atoms with Crippen molar-refractivity contribution in [2.45, 2.75) is 12.5 Å². The second-order valence-electron chi connectivity index (χ2n) is 4.39. The third-order valence-corrected chi connectivity index (χ3v) is 3.24. The highest BCUT2D eigenvalue weighted by atomic mass is 16.4. The Morgan fingerprint density at radius 1 is 1.39 bits per heavy atom. The lowest BCUT2D eigenvalue weighted by molar-refractivity contribution is -0.141. The Balaban J connectivity index is 2.19. The Morgan fingerprint density at radius 2 is 2.06 bits per heavy atom. The molecule has 1 aliphatic rings. The van der Waals surface area contributed by atoms with Crippen LogP contribution in [0, 0.1) is 5.92 Å². The summed E-state index contributed by atoms with van der Waals surface area (Å²) >= 11 is 0. The zero-order valence-electron chi connectivity index (χ0n) is 9.82. The first-order valence-electron chi connectivity index (χ1n) is 5.81. The number of carboxylic acid groups (broad SMARTS) is 1. The predicted octanol–water partition coefficient (Wildman–Crippen LogP) is 0.653. The zero-order chi connectivity index (χ0) is 13.1. The predicted molar refractivity (Wildman–Crippen MR) is 63.7 cm³/mol. The first-order valence-corrected chi connectivity index (χ1v) is 5.81. The van der Waals surface area contributed by atoms with Crippen LogP contribution in [0.4, 0.5) is 0 Å². The summed E-state index contributed by atoms with van der Waals surface area (Å²) in [5, 5.41) is 18.4. The van der Waals surface area contributed by atoms with Gasteiger partial charge in [-0.1, -0.05) is 30.3 Å². The van der Waals surface area contributed by atoms with E-state index in [-0.39, 0.29) is 25.5 Å². The van der Waals surface area contributed by atoms with Crippen molar-refractivity contribution in [3.63, 3.8) is 0 Å². The maximum atomic E-state index is 11.8. The van der Waals surface area contributed by atoms with E-state index in [2.05, 4.69) is 0 Å². The minimum Gasteiger partial charge on any atom is -0.481 e. The van der Waals surface area contributed by atoms with Crippen LogP contribution in [0.3, 0.4) is 0 Å². The minimum atomic E-state index is -0.962. The molecule has 1 saturated heterocycles. The van der Waals surface area contributed by atoms with E-state index in [1.807, 2.05) is 30.3 Å². The molecule has 1 aromatic carbocycles. The van der Waals surface area contributed by atoms with Gasteiger partial charge in [0.15, 0.2) is 0 Å². The van der Waals surface area contributed by atoms with Crippen molar-refractivity contribution in [2.75, 3.05) is 13.2 Å². The van der Waals surface area contributed by atoms with Crippen LogP contribution in [0.25, 0.3) is 0 Å². The van der Waals surface area contributed by atoms with Crippen LogP contribution in [-0.4, -0.2) is 40.1 Å². The number of aliphatic carboxylic acids is 1. The molecule has 1 unspecified atom stereocenters. The molecule has 0 spiro atoms. The summed E-state index contributed by atoms with van der Waals surface area (Å²) in [4.78, 5) is 24.2. The highest BCUT2D eigenvalue weighted by molar-refractivity contribution is 5.86. The number of benzene rings is 1. The number of rotatable bonds is 4. The lowest BCUT2D eigenvalue weighted by atomic mass is 10.1. The van der Waals surface area contributed by atoms with Gasteiger partial charge in [0.05, 0.1) is 18.6 Å². The average Bonchev–Trinajstić information content (AvgIpc) is 2.74. The zero-order valence-corrected chi connectivity index (χ0v) is 9.82. The van der Waals surface area contributed by atoms with E-state index in [0.717, 1.165) is 5.56 Å². The fraction of sp³-hybridized carbons (Fsp3) is 0.385. The van der Waals surface area contributed by atoms with Crippen molar-refractivity contribution in [1.29, 1.82) is 0 Å². The molecule has 0 aliphatic carbocycles. The van der Waals surface area contributed by atoms with Gasteiger partial charge in [-0.2, -0.15) is 0 Å². The number of hydrogen-bond donors (Lipinski definition) is 2. The molecular formula is C13H15NO4. The van der Waals surface area contributed by atoms with Crippen LogP contribution < -0.4 is 0 Å². The van der Waals surface area contributed by atoms with Crippen LogP contribution in [0.15, 0.2) is 30.3 Å². The van der Waals surface area contributed by atoms with Crippen molar-refractivity contribution >= 4 is 11.9 Å². The molecule has 0 radical (unpaired) electrons. The van der Waals surface area contributed by atoms with Gasteiger partial charge in [0.25, 0.3) is 0 Å². The number of aliphatic hydroxyl groups excluding tert-OH is 1. The summed E-state index contributed by atoms with van der Waals surface area (Å²) < 4.78 is 0. The van der Waals surface area contributed by atoms with Gasteiger partial charge in [-0.05, 0) is 5.56 Å². The van der Waals surface area contributed by atoms with E-state index in [1.54, 1.807) is 0 Å². The third kappa shape index (κ3) is 2.36. The van der Waals surface area contributed by atoms with E-state index in [1.165, 1.54) is 4.90 Å². The molecule has 0 bridgehead atoms. The molecule has 18 heavy (non-hydrogen) atoms. The Morgan fingerprint density at radius 3 is 2.56 bits per heavy atom. The number of carbonyl (C=O) groups is 2. The summed E-state index contributed by atoms with van der Waals surface area (Å²) in [7, 11) is 0. The van der Waals surface area contributed by atoms with Gasteiger partial charge in [0.2, 0.25) is 5.91 Å². The Kier molecular flexibility index (Phi) is 3.62. The van der Waals surface area contributed by atoms with Crippen LogP contribution in [-0.2, 0) is 9.59 Å². The van der Waals surface area contributed by atoms with Crippen LogP contribution in [0.5, 0.6) is 0 Å². The fourth-order valence-corrected chi connectivity index (χ4v) is 2.26. The van der Waals surface area contributed by atoms with Crippen LogP contribution in [0.2, 0.25) is 0 Å². The standard InChI is InChI=1S/C13H15NO4/c15-8-11(9-4-2-1-3-5-9)14-7-10(13(17)18)6-12(14)16/h1-5,10-11,15H,6-8H2,(H,17,18)/t10?,11-/m0/s1. The summed E-state index contributed by atoms with van der Waals surface area (Å²) in [5.74, 6) is -1.85. The molecule has 1 heterocycles. The smallest absolute Gasteiger partial charge is 0.308 e. The van der Waals surface area contributed by atoms with Crippen molar-refractivity contribution < 1.29 is 19.8 Å². The summed E-state index contributed by atoms with van der Waals surface area (Å²) in [6.07, 6.45) is 0.0126. The quantitative estimate of drug-likeness (QED) is 0.821. The maximum absolute atomic E-state index is 11.8. The van der Waals surface area contributed by atoms with Crippen molar-refractivity contribution in [3.05, 3.63) is 35.9 Å². The van der Waals surface area contributed by atoms with Gasteiger partial charge in [0.1, 0.15) is 0 Å². The molecule has 5 heteroatoms. The number of amides is 1. The number of carbonyl (C=O) groups excluding carboxylic acids is 1. The second kappa shape index (κ2) is 5.18. The maximum Gasteiger partial charge on any atom is 0.308 e. The van der Waals surface area contributed by atoms with E-state index < -0.39 is 17.9 Å². The summed E-state index contributed by atoms with van der Waals surface area (Å²) in [6, 6.07) is 8.69. The average molecular weight is 249 g/mol. The van der Waals surface area contributed by atoms with Gasteiger partial charge in [-0.25, -0.2) is 0 Å². The topological polar surface area (TPSA) is 77.8 Å². The van der Waals surface area contributed by atoms with Gasteiger partial charge >= 0.3 is 5.97 Å². The number of carboxylic acids is 1. The molecule has 1 aromatic rings. The molecule has 1 amide bonds. The number of likely N-dealkylation sites (tertiary alicyclic amines) is 1. The van der Waals surface area contributed by atoms with Crippen LogP contribution >= 0.6 is 0 Å². The summed E-state index contributed by atoms with van der Waals surface area (Å²) in [5.41, 5.74) is 0.819. The lowest BCUT2D eigenvalue weighted by Gasteiger charge is -2.26. The summed E-state index contributed by atoms with van der Waals surface area (Å²) in [6.45, 7) is -0.0453. The molecule has 5 nitrogen and oxygen atoms in total. The van der Waals surface area contributed by atoms with Gasteiger partial charge in [-0.3, -0.25) is 9.59 Å². The third-order valence-electron chi connectivity index (χ3n) is 3.24. The van der Waals surface area contributed by atoms with E-state index in [0.29, 0.717) is 0 Å². The molecule has 0 aromatic heterocycles. The lowest BCUT2D eigenvalue weighted by Crippen LogP contribution is -2.33. The van der Waals surface area contributed by atoms with E-state index in [9.17, 15) is 14.7 Å². The Labute approximate surface area is 105 Å². The van der Waals surface area contributed by atoms with E-state index in [4.69, 9.17) is 5.11 Å². The Hall–Kier alpha value is -1.88. The Bertz CT molecular complexity index is 446. The highest BCUT2D eigenvalue weighted by Gasteiger charge is 2.38. The monoisotopic (exact) mass is 249 g/mol. The fourth-order valence-electron chi connectivity index (χ4n) is 2.26.